The zero-order valence-electron chi connectivity index (χ0n) is 18.7. The molecule has 2 aromatic rings. The van der Waals surface area contributed by atoms with Gasteiger partial charge in [-0.3, -0.25) is 14.6 Å². The highest BCUT2D eigenvalue weighted by atomic mass is 127. The average Bonchev–Trinajstić information content (AvgIpc) is 3.23. The number of likely N-dealkylation sites (tertiary alicyclic amines) is 1. The van der Waals surface area contributed by atoms with Gasteiger partial charge < -0.3 is 15.0 Å². The molecular formula is C23H35IN6O. The lowest BCUT2D eigenvalue weighted by molar-refractivity contribution is -0.00805. The number of hydrogen-bond acceptors (Lipinski definition) is 4. The first-order chi connectivity index (χ1) is 14.7. The molecule has 2 aliphatic heterocycles. The molecule has 1 N–H and O–H groups in total. The lowest BCUT2D eigenvalue weighted by Gasteiger charge is -2.34. The highest BCUT2D eigenvalue weighted by molar-refractivity contribution is 14.0. The number of guanidine groups is 1. The number of morpholine rings is 1. The maximum atomic E-state index is 5.96. The molecule has 8 heteroatoms. The quantitative estimate of drug-likeness (QED) is 0.360. The molecule has 31 heavy (non-hydrogen) atoms. The van der Waals surface area contributed by atoms with Crippen molar-refractivity contribution in [2.45, 2.75) is 38.5 Å². The molecule has 7 nitrogen and oxygen atoms in total. The number of ether oxygens (including phenoxy) is 1. The van der Waals surface area contributed by atoms with Gasteiger partial charge in [0.1, 0.15) is 6.10 Å². The zero-order valence-corrected chi connectivity index (χ0v) is 21.0. The minimum atomic E-state index is 0. The third-order valence-corrected chi connectivity index (χ3v) is 6.00. The number of aliphatic imine (C=N–C) groups is 1. The number of aromatic nitrogens is 2. The van der Waals surface area contributed by atoms with Gasteiger partial charge in [0, 0.05) is 45.5 Å². The SMILES string of the molecule is CN=C(NCc1ccc(CN2CCCCC2)cc1)N1CCOC(c2cnn(C)c2)C1.I. The fourth-order valence-electron chi connectivity index (χ4n) is 4.30. The van der Waals surface area contributed by atoms with Crippen molar-refractivity contribution < 1.29 is 4.74 Å². The van der Waals surface area contributed by atoms with Gasteiger partial charge >= 0.3 is 0 Å². The molecule has 1 atom stereocenters. The van der Waals surface area contributed by atoms with E-state index >= 15 is 0 Å². The van der Waals surface area contributed by atoms with Gasteiger partial charge in [-0.25, -0.2) is 0 Å². The predicted octanol–water partition coefficient (Wildman–Crippen LogP) is 3.17. The number of rotatable bonds is 5. The fraction of sp³-hybridized carbons (Fsp3) is 0.565. The molecule has 2 fully saturated rings. The number of hydrogen-bond donors (Lipinski definition) is 1. The number of nitrogens with zero attached hydrogens (tertiary/aromatic N) is 5. The van der Waals surface area contributed by atoms with Crippen LogP contribution in [-0.4, -0.2) is 65.4 Å². The van der Waals surface area contributed by atoms with Crippen molar-refractivity contribution in [1.29, 1.82) is 0 Å². The first-order valence-corrected chi connectivity index (χ1v) is 11.1. The van der Waals surface area contributed by atoms with E-state index in [1.807, 2.05) is 31.2 Å². The van der Waals surface area contributed by atoms with Crippen LogP contribution >= 0.6 is 24.0 Å². The van der Waals surface area contributed by atoms with Gasteiger partial charge in [-0.15, -0.1) is 24.0 Å². The maximum Gasteiger partial charge on any atom is 0.194 e. The van der Waals surface area contributed by atoms with Crippen LogP contribution in [0.3, 0.4) is 0 Å². The molecule has 1 aromatic carbocycles. The summed E-state index contributed by atoms with van der Waals surface area (Å²) in [7, 11) is 3.78. The van der Waals surface area contributed by atoms with Gasteiger partial charge in [0.2, 0.25) is 0 Å². The molecule has 2 aliphatic rings. The standard InChI is InChI=1S/C23H34N6O.HI/c1-24-23(29-12-13-30-22(18-29)21-15-26-27(2)17-21)25-14-19-6-8-20(9-7-19)16-28-10-4-3-5-11-28;/h6-9,15,17,22H,3-5,10-14,16,18H2,1-2H3,(H,24,25);1H. The van der Waals surface area contributed by atoms with Crippen LogP contribution in [0.25, 0.3) is 0 Å². The van der Waals surface area contributed by atoms with E-state index in [-0.39, 0.29) is 30.1 Å². The minimum Gasteiger partial charge on any atom is -0.370 e. The second-order valence-electron chi connectivity index (χ2n) is 8.31. The number of piperidine rings is 1. The van der Waals surface area contributed by atoms with E-state index in [1.54, 1.807) is 0 Å². The first kappa shape index (κ1) is 24.0. The summed E-state index contributed by atoms with van der Waals surface area (Å²) < 4.78 is 7.78. The molecule has 170 valence electrons. The maximum absolute atomic E-state index is 5.96. The van der Waals surface area contributed by atoms with Crippen LogP contribution in [0.1, 0.15) is 42.1 Å². The summed E-state index contributed by atoms with van der Waals surface area (Å²) in [5, 5.41) is 7.79. The molecule has 0 saturated carbocycles. The van der Waals surface area contributed by atoms with Gasteiger partial charge in [-0.05, 0) is 37.1 Å². The fourth-order valence-corrected chi connectivity index (χ4v) is 4.30. The van der Waals surface area contributed by atoms with E-state index in [0.29, 0.717) is 6.61 Å². The molecule has 2 saturated heterocycles. The molecule has 4 rings (SSSR count). The Hall–Kier alpha value is -1.65. The Labute approximate surface area is 202 Å². The Morgan fingerprint density at radius 2 is 1.87 bits per heavy atom. The van der Waals surface area contributed by atoms with Crippen molar-refractivity contribution in [2.24, 2.45) is 12.0 Å². The lowest BCUT2D eigenvalue weighted by Crippen LogP contribution is -2.47. The third-order valence-electron chi connectivity index (χ3n) is 6.00. The van der Waals surface area contributed by atoms with E-state index in [2.05, 4.69) is 49.5 Å². The largest absolute Gasteiger partial charge is 0.370 e. The van der Waals surface area contributed by atoms with E-state index in [1.165, 1.54) is 43.5 Å². The van der Waals surface area contributed by atoms with Crippen LogP contribution in [0, 0.1) is 0 Å². The summed E-state index contributed by atoms with van der Waals surface area (Å²) in [5.74, 6) is 0.921. The van der Waals surface area contributed by atoms with E-state index in [9.17, 15) is 0 Å². The Morgan fingerprint density at radius 1 is 1.13 bits per heavy atom. The molecule has 1 unspecified atom stereocenters. The summed E-state index contributed by atoms with van der Waals surface area (Å²) in [4.78, 5) is 9.34. The number of aryl methyl sites for hydroxylation is 1. The zero-order chi connectivity index (χ0) is 20.8. The number of halogens is 1. The van der Waals surface area contributed by atoms with Crippen LogP contribution < -0.4 is 5.32 Å². The predicted molar refractivity (Wildman–Crippen MR) is 135 cm³/mol. The van der Waals surface area contributed by atoms with Gasteiger partial charge in [-0.1, -0.05) is 30.7 Å². The van der Waals surface area contributed by atoms with Crippen molar-refractivity contribution >= 4 is 29.9 Å². The van der Waals surface area contributed by atoms with Crippen LogP contribution in [0.4, 0.5) is 0 Å². The van der Waals surface area contributed by atoms with Gasteiger partial charge in [0.05, 0.1) is 19.3 Å². The average molecular weight is 538 g/mol. The summed E-state index contributed by atoms with van der Waals surface area (Å²) in [6.07, 6.45) is 7.99. The van der Waals surface area contributed by atoms with E-state index in [4.69, 9.17) is 4.74 Å². The molecule has 0 amide bonds. The summed E-state index contributed by atoms with van der Waals surface area (Å²) >= 11 is 0. The molecule has 1 aromatic heterocycles. The Bertz CT molecular complexity index is 831. The lowest BCUT2D eigenvalue weighted by atomic mass is 10.1. The third kappa shape index (κ3) is 6.66. The van der Waals surface area contributed by atoms with E-state index in [0.717, 1.165) is 37.7 Å². The van der Waals surface area contributed by atoms with Crippen LogP contribution in [0.5, 0.6) is 0 Å². The summed E-state index contributed by atoms with van der Waals surface area (Å²) in [6, 6.07) is 9.00. The van der Waals surface area contributed by atoms with Gasteiger partial charge in [0.15, 0.2) is 5.96 Å². The number of nitrogens with one attached hydrogen (secondary N) is 1. The van der Waals surface area contributed by atoms with Gasteiger partial charge in [0.25, 0.3) is 0 Å². The van der Waals surface area contributed by atoms with Gasteiger partial charge in [-0.2, -0.15) is 5.10 Å². The summed E-state index contributed by atoms with van der Waals surface area (Å²) in [6.45, 7) is 6.61. The first-order valence-electron chi connectivity index (χ1n) is 11.1. The van der Waals surface area contributed by atoms with Crippen LogP contribution in [0.2, 0.25) is 0 Å². The highest BCUT2D eigenvalue weighted by Crippen LogP contribution is 2.21. The smallest absolute Gasteiger partial charge is 0.194 e. The highest BCUT2D eigenvalue weighted by Gasteiger charge is 2.25. The molecule has 0 spiro atoms. The molecule has 0 radical (unpaired) electrons. The molecule has 3 heterocycles. The van der Waals surface area contributed by atoms with Crippen LogP contribution in [0.15, 0.2) is 41.7 Å². The van der Waals surface area contributed by atoms with Crippen molar-refractivity contribution in [2.75, 3.05) is 39.8 Å². The molecule has 0 bridgehead atoms. The molecular weight excluding hydrogens is 503 g/mol. The van der Waals surface area contributed by atoms with Crippen LogP contribution in [-0.2, 0) is 24.9 Å². The molecule has 0 aliphatic carbocycles. The normalized spacial score (nSPS) is 20.4. The van der Waals surface area contributed by atoms with Crippen molar-refractivity contribution in [3.8, 4) is 0 Å². The van der Waals surface area contributed by atoms with Crippen molar-refractivity contribution in [1.82, 2.24) is 24.9 Å². The minimum absolute atomic E-state index is 0. The topological polar surface area (TPSA) is 57.9 Å². The summed E-state index contributed by atoms with van der Waals surface area (Å²) in [5.41, 5.74) is 3.79. The Morgan fingerprint density at radius 3 is 2.55 bits per heavy atom. The number of benzene rings is 1. The second-order valence-corrected chi connectivity index (χ2v) is 8.31. The van der Waals surface area contributed by atoms with Crippen molar-refractivity contribution in [3.63, 3.8) is 0 Å². The second kappa shape index (κ2) is 11.8. The monoisotopic (exact) mass is 538 g/mol. The Kier molecular flexibility index (Phi) is 9.15. The van der Waals surface area contributed by atoms with Crippen molar-refractivity contribution in [3.05, 3.63) is 53.3 Å². The van der Waals surface area contributed by atoms with E-state index < -0.39 is 0 Å². The Balaban J connectivity index is 0.00000272.